The molecule has 192 valence electrons. The van der Waals surface area contributed by atoms with E-state index in [2.05, 4.69) is 55.5 Å². The van der Waals surface area contributed by atoms with Gasteiger partial charge in [0.2, 0.25) is 0 Å². The highest BCUT2D eigenvalue weighted by molar-refractivity contribution is 14.0. The number of unbranched alkanes of at least 4 members (excludes halogenated alkanes) is 9. The minimum absolute atomic E-state index is 0. The quantitative estimate of drug-likeness (QED) is 0.104. The van der Waals surface area contributed by atoms with Crippen LogP contribution in [-0.2, 0) is 14.3 Å². The average Bonchev–Trinajstić information content (AvgIpc) is 2.89. The van der Waals surface area contributed by atoms with E-state index < -0.39 is 10.1 Å². The zero-order valence-corrected chi connectivity index (χ0v) is 24.1. The molecule has 0 saturated heterocycles. The summed E-state index contributed by atoms with van der Waals surface area (Å²) in [6, 6.07) is 29.1. The molecule has 5 heteroatoms. The lowest BCUT2D eigenvalue weighted by atomic mass is 10.1. The highest BCUT2D eigenvalue weighted by Crippen LogP contribution is 2.17. The molecule has 0 heterocycles. The van der Waals surface area contributed by atoms with Crippen molar-refractivity contribution in [3.05, 3.63) is 91.0 Å². The zero-order valence-electron chi connectivity index (χ0n) is 21.0. The van der Waals surface area contributed by atoms with Crippen molar-refractivity contribution in [2.24, 2.45) is 0 Å². The molecule has 3 aromatic rings. The summed E-state index contributed by atoms with van der Waals surface area (Å²) in [5.41, 5.74) is 2.55. The summed E-state index contributed by atoms with van der Waals surface area (Å²) in [7, 11) is -3.57. The van der Waals surface area contributed by atoms with Gasteiger partial charge in [-0.25, -0.2) is 0 Å². The van der Waals surface area contributed by atoms with Crippen molar-refractivity contribution in [2.75, 3.05) is 6.61 Å². The fraction of sp³-hybridized carbons (Fsp3) is 0.400. The second-order valence-electron chi connectivity index (χ2n) is 8.50. The van der Waals surface area contributed by atoms with Gasteiger partial charge in [0.25, 0.3) is 10.1 Å². The third-order valence-electron chi connectivity index (χ3n) is 5.65. The molecular formula is C30H41IO3S. The summed E-state index contributed by atoms with van der Waals surface area (Å²) >= 11 is 0. The van der Waals surface area contributed by atoms with Crippen LogP contribution in [0.5, 0.6) is 0 Å². The third kappa shape index (κ3) is 13.8. The van der Waals surface area contributed by atoms with Crippen LogP contribution in [0.15, 0.2) is 95.9 Å². The Kier molecular flexibility index (Phi) is 17.4. The van der Waals surface area contributed by atoms with E-state index in [9.17, 15) is 8.42 Å². The largest absolute Gasteiger partial charge is 0.296 e. The van der Waals surface area contributed by atoms with Gasteiger partial charge in [-0.15, -0.1) is 24.0 Å². The summed E-state index contributed by atoms with van der Waals surface area (Å²) in [4.78, 5) is 0.238. The standard InChI is InChI=1S/C18H30O3S.C12H10.HI/c1-2-3-4-5-6-7-8-9-10-14-17-21-22(19,20)18-15-12-11-13-16-18;1-3-7-11(8-4-1)12-9-5-2-6-10-12;/h11-13,15-16H,2-10,14,17H2,1H3;1-10H;1H. The van der Waals surface area contributed by atoms with Crippen LogP contribution < -0.4 is 0 Å². The topological polar surface area (TPSA) is 43.4 Å². The molecule has 0 saturated carbocycles. The molecule has 0 fully saturated rings. The van der Waals surface area contributed by atoms with Gasteiger partial charge in [0.15, 0.2) is 0 Å². The molecule has 0 aromatic heterocycles. The number of benzene rings is 3. The van der Waals surface area contributed by atoms with Crippen LogP contribution in [0.3, 0.4) is 0 Å². The second kappa shape index (κ2) is 19.5. The first-order chi connectivity index (χ1) is 16.6. The monoisotopic (exact) mass is 608 g/mol. The van der Waals surface area contributed by atoms with Crippen molar-refractivity contribution in [3.8, 4) is 11.1 Å². The Hall–Kier alpha value is -1.70. The van der Waals surface area contributed by atoms with Crippen LogP contribution in [0.4, 0.5) is 0 Å². The Morgan fingerprint density at radius 3 is 1.34 bits per heavy atom. The molecule has 0 radical (unpaired) electrons. The van der Waals surface area contributed by atoms with Gasteiger partial charge >= 0.3 is 0 Å². The molecule has 0 N–H and O–H groups in total. The molecule has 35 heavy (non-hydrogen) atoms. The lowest BCUT2D eigenvalue weighted by Gasteiger charge is -2.05. The first kappa shape index (κ1) is 31.3. The Bertz CT molecular complexity index is 940. The predicted molar refractivity (Wildman–Crippen MR) is 159 cm³/mol. The molecule has 0 unspecified atom stereocenters. The maximum absolute atomic E-state index is 11.9. The predicted octanol–water partition coefficient (Wildman–Crippen LogP) is 9.28. The molecule has 0 aliphatic rings. The van der Waals surface area contributed by atoms with Gasteiger partial charge in [0, 0.05) is 0 Å². The first-order valence-electron chi connectivity index (χ1n) is 12.7. The first-order valence-corrected chi connectivity index (χ1v) is 14.1. The van der Waals surface area contributed by atoms with Gasteiger partial charge in [-0.2, -0.15) is 8.42 Å². The van der Waals surface area contributed by atoms with Gasteiger partial charge in [-0.1, -0.05) is 144 Å². The van der Waals surface area contributed by atoms with Crippen LogP contribution in [-0.4, -0.2) is 15.0 Å². The van der Waals surface area contributed by atoms with Gasteiger partial charge in [-0.3, -0.25) is 4.18 Å². The molecule has 3 rings (SSSR count). The Morgan fingerprint density at radius 2 is 0.914 bits per heavy atom. The highest BCUT2D eigenvalue weighted by atomic mass is 127. The lowest BCUT2D eigenvalue weighted by molar-refractivity contribution is 0.306. The van der Waals surface area contributed by atoms with Crippen LogP contribution in [0.2, 0.25) is 0 Å². The Labute approximate surface area is 230 Å². The van der Waals surface area contributed by atoms with Gasteiger partial charge in [0.05, 0.1) is 11.5 Å². The molecule has 0 bridgehead atoms. The number of hydrogen-bond donors (Lipinski definition) is 0. The minimum Gasteiger partial charge on any atom is -0.266 e. The summed E-state index contributed by atoms with van der Waals surface area (Å²) < 4.78 is 28.8. The summed E-state index contributed by atoms with van der Waals surface area (Å²) in [6.07, 6.45) is 12.3. The average molecular weight is 609 g/mol. The molecule has 0 aliphatic carbocycles. The second-order valence-corrected chi connectivity index (χ2v) is 10.1. The highest BCUT2D eigenvalue weighted by Gasteiger charge is 2.13. The van der Waals surface area contributed by atoms with Gasteiger partial charge in [-0.05, 0) is 29.7 Å². The molecule has 0 atom stereocenters. The van der Waals surface area contributed by atoms with E-state index in [0.29, 0.717) is 0 Å². The third-order valence-corrected chi connectivity index (χ3v) is 6.98. The van der Waals surface area contributed by atoms with E-state index in [1.54, 1.807) is 30.3 Å². The van der Waals surface area contributed by atoms with Crippen molar-refractivity contribution in [2.45, 2.75) is 76.0 Å². The van der Waals surface area contributed by atoms with E-state index in [4.69, 9.17) is 4.18 Å². The molecule has 0 spiro atoms. The number of hydrogen-bond acceptors (Lipinski definition) is 3. The van der Waals surface area contributed by atoms with Crippen LogP contribution in [0.25, 0.3) is 11.1 Å². The van der Waals surface area contributed by atoms with Crippen LogP contribution in [0, 0.1) is 0 Å². The number of halogens is 1. The van der Waals surface area contributed by atoms with E-state index in [1.165, 1.54) is 62.5 Å². The summed E-state index contributed by atoms with van der Waals surface area (Å²) in [6.45, 7) is 2.52. The van der Waals surface area contributed by atoms with E-state index in [-0.39, 0.29) is 35.5 Å². The molecular weight excluding hydrogens is 567 g/mol. The Morgan fingerprint density at radius 1 is 0.543 bits per heavy atom. The molecule has 3 aromatic carbocycles. The van der Waals surface area contributed by atoms with Crippen molar-refractivity contribution in [1.82, 2.24) is 0 Å². The Balaban J connectivity index is 0.000000395. The summed E-state index contributed by atoms with van der Waals surface area (Å²) in [5, 5.41) is 0. The zero-order chi connectivity index (χ0) is 24.3. The fourth-order valence-corrected chi connectivity index (χ4v) is 4.64. The number of rotatable bonds is 14. The normalized spacial score (nSPS) is 10.7. The SMILES string of the molecule is CCCCCCCCCCCCOS(=O)(=O)c1ccccc1.I.c1ccc(-c2ccccc2)cc1. The van der Waals surface area contributed by atoms with Crippen molar-refractivity contribution < 1.29 is 12.6 Å². The molecule has 3 nitrogen and oxygen atoms in total. The van der Waals surface area contributed by atoms with E-state index in [1.807, 2.05) is 12.1 Å². The fourth-order valence-electron chi connectivity index (χ4n) is 3.67. The van der Waals surface area contributed by atoms with Gasteiger partial charge in [0.1, 0.15) is 0 Å². The minimum atomic E-state index is -3.57. The van der Waals surface area contributed by atoms with Crippen molar-refractivity contribution in [3.63, 3.8) is 0 Å². The van der Waals surface area contributed by atoms with Crippen LogP contribution >= 0.6 is 24.0 Å². The molecule has 0 aliphatic heterocycles. The van der Waals surface area contributed by atoms with E-state index in [0.717, 1.165) is 12.8 Å². The summed E-state index contributed by atoms with van der Waals surface area (Å²) in [5.74, 6) is 0. The van der Waals surface area contributed by atoms with Crippen LogP contribution in [0.1, 0.15) is 71.1 Å². The maximum atomic E-state index is 11.9. The van der Waals surface area contributed by atoms with E-state index >= 15 is 0 Å². The van der Waals surface area contributed by atoms with Crippen molar-refractivity contribution >= 4 is 34.1 Å². The van der Waals surface area contributed by atoms with Gasteiger partial charge < -0.3 is 0 Å². The smallest absolute Gasteiger partial charge is 0.266 e. The maximum Gasteiger partial charge on any atom is 0.296 e. The van der Waals surface area contributed by atoms with Crippen molar-refractivity contribution in [1.29, 1.82) is 0 Å². The lowest BCUT2D eigenvalue weighted by Crippen LogP contribution is -2.07. The molecule has 0 amide bonds.